The van der Waals surface area contributed by atoms with Crippen molar-refractivity contribution in [3.8, 4) is 5.75 Å². The maximum atomic E-state index is 11.1. The lowest BCUT2D eigenvalue weighted by Gasteiger charge is -2.40. The third kappa shape index (κ3) is 3.88. The van der Waals surface area contributed by atoms with Crippen molar-refractivity contribution < 1.29 is 19.4 Å². The molecule has 0 aliphatic carbocycles. The SMILES string of the molecule is C[C@H]1CN(C(=O)O)CCN1c1ccc(OC2CCCCO2)cc1. The van der Waals surface area contributed by atoms with Crippen LogP contribution in [0.1, 0.15) is 26.2 Å². The van der Waals surface area contributed by atoms with Gasteiger partial charge in [-0.3, -0.25) is 0 Å². The molecule has 0 saturated carbocycles. The predicted octanol–water partition coefficient (Wildman–Crippen LogP) is 2.78. The fourth-order valence-electron chi connectivity index (χ4n) is 3.19. The maximum absolute atomic E-state index is 11.1. The highest BCUT2D eigenvalue weighted by Gasteiger charge is 2.26. The molecule has 2 atom stereocenters. The van der Waals surface area contributed by atoms with Crippen LogP contribution in [0.5, 0.6) is 5.75 Å². The number of hydrogen-bond acceptors (Lipinski definition) is 4. The second kappa shape index (κ2) is 7.08. The molecule has 3 rings (SSSR count). The van der Waals surface area contributed by atoms with Crippen LogP contribution < -0.4 is 9.64 Å². The van der Waals surface area contributed by atoms with E-state index in [9.17, 15) is 4.79 Å². The van der Waals surface area contributed by atoms with Gasteiger partial charge >= 0.3 is 6.09 Å². The van der Waals surface area contributed by atoms with Crippen molar-refractivity contribution in [2.45, 2.75) is 38.5 Å². The number of ether oxygens (including phenoxy) is 2. The van der Waals surface area contributed by atoms with E-state index in [0.29, 0.717) is 19.6 Å². The van der Waals surface area contributed by atoms with Gasteiger partial charge in [-0.15, -0.1) is 0 Å². The quantitative estimate of drug-likeness (QED) is 0.928. The van der Waals surface area contributed by atoms with Gasteiger partial charge in [0.1, 0.15) is 5.75 Å². The van der Waals surface area contributed by atoms with Crippen LogP contribution in [0.25, 0.3) is 0 Å². The summed E-state index contributed by atoms with van der Waals surface area (Å²) < 4.78 is 11.4. The minimum Gasteiger partial charge on any atom is -0.465 e. The zero-order valence-electron chi connectivity index (χ0n) is 13.5. The topological polar surface area (TPSA) is 62.2 Å². The van der Waals surface area contributed by atoms with Crippen LogP contribution in [0.4, 0.5) is 10.5 Å². The van der Waals surface area contributed by atoms with Crippen molar-refractivity contribution in [1.82, 2.24) is 4.90 Å². The van der Waals surface area contributed by atoms with Gasteiger partial charge in [0.2, 0.25) is 0 Å². The fraction of sp³-hybridized carbons (Fsp3) is 0.588. The van der Waals surface area contributed by atoms with Gasteiger partial charge in [0.15, 0.2) is 6.29 Å². The van der Waals surface area contributed by atoms with Crippen molar-refractivity contribution in [2.24, 2.45) is 0 Å². The lowest BCUT2D eigenvalue weighted by Crippen LogP contribution is -2.53. The Morgan fingerprint density at radius 1 is 1.26 bits per heavy atom. The van der Waals surface area contributed by atoms with E-state index in [1.165, 1.54) is 4.90 Å². The minimum absolute atomic E-state index is 0.132. The summed E-state index contributed by atoms with van der Waals surface area (Å²) in [7, 11) is 0. The number of piperazine rings is 1. The van der Waals surface area contributed by atoms with E-state index in [4.69, 9.17) is 14.6 Å². The van der Waals surface area contributed by atoms with Gasteiger partial charge < -0.3 is 24.4 Å². The summed E-state index contributed by atoms with van der Waals surface area (Å²) in [5, 5.41) is 9.08. The summed E-state index contributed by atoms with van der Waals surface area (Å²) in [5.41, 5.74) is 1.10. The Kier molecular flexibility index (Phi) is 4.91. The van der Waals surface area contributed by atoms with Crippen LogP contribution in [0.15, 0.2) is 24.3 Å². The van der Waals surface area contributed by atoms with Crippen LogP contribution in [-0.2, 0) is 4.74 Å². The molecule has 2 fully saturated rings. The number of hydrogen-bond donors (Lipinski definition) is 1. The number of anilines is 1. The normalized spacial score (nSPS) is 25.3. The Bertz CT molecular complexity index is 528. The first-order valence-electron chi connectivity index (χ1n) is 8.26. The zero-order valence-corrected chi connectivity index (χ0v) is 13.5. The highest BCUT2D eigenvalue weighted by Crippen LogP contribution is 2.25. The molecule has 6 nitrogen and oxygen atoms in total. The summed E-state index contributed by atoms with van der Waals surface area (Å²) in [6, 6.07) is 8.15. The smallest absolute Gasteiger partial charge is 0.407 e. The molecule has 1 aromatic carbocycles. The average molecular weight is 320 g/mol. The van der Waals surface area contributed by atoms with Crippen LogP contribution in [0.2, 0.25) is 0 Å². The van der Waals surface area contributed by atoms with E-state index in [1.54, 1.807) is 0 Å². The first-order chi connectivity index (χ1) is 11.1. The first-order valence-corrected chi connectivity index (χ1v) is 8.26. The molecule has 1 aromatic rings. The van der Waals surface area contributed by atoms with E-state index in [-0.39, 0.29) is 12.3 Å². The minimum atomic E-state index is -0.840. The van der Waals surface area contributed by atoms with E-state index in [0.717, 1.165) is 37.3 Å². The van der Waals surface area contributed by atoms with Crippen LogP contribution in [0.3, 0.4) is 0 Å². The van der Waals surface area contributed by atoms with Crippen LogP contribution in [0, 0.1) is 0 Å². The monoisotopic (exact) mass is 320 g/mol. The Morgan fingerprint density at radius 2 is 2.04 bits per heavy atom. The molecule has 0 radical (unpaired) electrons. The van der Waals surface area contributed by atoms with E-state index in [1.807, 2.05) is 24.3 Å². The molecule has 2 aliphatic rings. The number of benzene rings is 1. The number of carboxylic acid groups (broad SMARTS) is 1. The third-order valence-corrected chi connectivity index (χ3v) is 4.47. The Balaban J connectivity index is 1.59. The Hall–Kier alpha value is -1.95. The van der Waals surface area contributed by atoms with Gasteiger partial charge in [0.05, 0.1) is 6.61 Å². The Labute approximate surface area is 136 Å². The van der Waals surface area contributed by atoms with Crippen molar-refractivity contribution >= 4 is 11.8 Å². The van der Waals surface area contributed by atoms with Crippen molar-refractivity contribution in [3.05, 3.63) is 24.3 Å². The summed E-state index contributed by atoms with van der Waals surface area (Å²) in [6.45, 7) is 4.60. The molecule has 0 aromatic heterocycles. The molecule has 0 bridgehead atoms. The predicted molar refractivity (Wildman–Crippen MR) is 87.1 cm³/mol. The summed E-state index contributed by atoms with van der Waals surface area (Å²) in [5.74, 6) is 0.817. The summed E-state index contributed by atoms with van der Waals surface area (Å²) in [6.07, 6.45) is 2.23. The number of carbonyl (C=O) groups is 1. The second-order valence-corrected chi connectivity index (χ2v) is 6.18. The molecule has 2 saturated heterocycles. The molecule has 1 N–H and O–H groups in total. The van der Waals surface area contributed by atoms with Gasteiger partial charge in [0.25, 0.3) is 0 Å². The van der Waals surface area contributed by atoms with Crippen molar-refractivity contribution in [1.29, 1.82) is 0 Å². The molecule has 2 heterocycles. The fourth-order valence-corrected chi connectivity index (χ4v) is 3.19. The zero-order chi connectivity index (χ0) is 16.2. The molecule has 6 heteroatoms. The van der Waals surface area contributed by atoms with E-state index < -0.39 is 6.09 Å². The van der Waals surface area contributed by atoms with Gasteiger partial charge in [-0.2, -0.15) is 0 Å². The van der Waals surface area contributed by atoms with Gasteiger partial charge in [0, 0.05) is 37.8 Å². The molecular weight excluding hydrogens is 296 g/mol. The van der Waals surface area contributed by atoms with Gasteiger partial charge in [-0.1, -0.05) is 0 Å². The maximum Gasteiger partial charge on any atom is 0.407 e. The molecular formula is C17H24N2O4. The average Bonchev–Trinajstić information content (AvgIpc) is 2.56. The lowest BCUT2D eigenvalue weighted by molar-refractivity contribution is -0.105. The summed E-state index contributed by atoms with van der Waals surface area (Å²) >= 11 is 0. The third-order valence-electron chi connectivity index (χ3n) is 4.47. The van der Waals surface area contributed by atoms with Crippen LogP contribution >= 0.6 is 0 Å². The highest BCUT2D eigenvalue weighted by molar-refractivity contribution is 5.65. The van der Waals surface area contributed by atoms with Crippen molar-refractivity contribution in [3.63, 3.8) is 0 Å². The molecule has 0 spiro atoms. The first kappa shape index (κ1) is 15.9. The van der Waals surface area contributed by atoms with E-state index in [2.05, 4.69) is 11.8 Å². The van der Waals surface area contributed by atoms with Crippen molar-refractivity contribution in [2.75, 3.05) is 31.1 Å². The molecule has 1 amide bonds. The number of amides is 1. The number of rotatable bonds is 3. The summed E-state index contributed by atoms with van der Waals surface area (Å²) in [4.78, 5) is 14.8. The highest BCUT2D eigenvalue weighted by atomic mass is 16.7. The molecule has 23 heavy (non-hydrogen) atoms. The van der Waals surface area contributed by atoms with Gasteiger partial charge in [-0.05, 0) is 44.0 Å². The second-order valence-electron chi connectivity index (χ2n) is 6.18. The van der Waals surface area contributed by atoms with Gasteiger partial charge in [-0.25, -0.2) is 4.79 Å². The molecule has 1 unspecified atom stereocenters. The molecule has 126 valence electrons. The van der Waals surface area contributed by atoms with Crippen LogP contribution in [-0.4, -0.2) is 54.7 Å². The number of nitrogens with zero attached hydrogens (tertiary/aromatic N) is 2. The van der Waals surface area contributed by atoms with E-state index >= 15 is 0 Å². The largest absolute Gasteiger partial charge is 0.465 e. The Morgan fingerprint density at radius 3 is 2.65 bits per heavy atom. The standard InChI is InChI=1S/C17H24N2O4/c1-13-12-18(17(20)21)9-10-19(13)14-5-7-15(8-6-14)23-16-4-2-3-11-22-16/h5-8,13,16H,2-4,9-12H2,1H3,(H,20,21)/t13-,16?/m0/s1. The lowest BCUT2D eigenvalue weighted by atomic mass is 10.1. The molecule has 2 aliphatic heterocycles.